The Kier molecular flexibility index (Phi) is 39.9. The van der Waals surface area contributed by atoms with E-state index in [9.17, 15) is 33.6 Å². The van der Waals surface area contributed by atoms with Crippen molar-refractivity contribution in [2.75, 3.05) is 204 Å². The van der Waals surface area contributed by atoms with Gasteiger partial charge in [-0.05, 0) is 47.2 Å². The smallest absolute Gasteiger partial charge is 0.258 e. The second-order valence-corrected chi connectivity index (χ2v) is 17.4. The van der Waals surface area contributed by atoms with Crippen molar-refractivity contribution in [2.45, 2.75) is 18.9 Å². The molecule has 10 N–H and O–H groups in total. The van der Waals surface area contributed by atoms with E-state index in [0.29, 0.717) is 12.3 Å². The molecule has 2 aromatic rings. The number of hydrogen-bond donors (Lipinski definition) is 8. The van der Waals surface area contributed by atoms with E-state index < -0.39 is 5.91 Å². The Hall–Kier alpha value is -5.99. The molecule has 456 valence electrons. The van der Waals surface area contributed by atoms with Gasteiger partial charge in [0.1, 0.15) is 45.4 Å². The van der Waals surface area contributed by atoms with Crippen molar-refractivity contribution >= 4 is 41.4 Å². The predicted molar refractivity (Wildman–Crippen MR) is 289 cm³/mol. The molecule has 0 saturated heterocycles. The van der Waals surface area contributed by atoms with Crippen LogP contribution >= 0.6 is 0 Å². The van der Waals surface area contributed by atoms with Crippen LogP contribution in [0.5, 0.6) is 5.75 Å². The number of carbonyl (C=O) groups excluding carboxylic acids is 7. The molecule has 0 spiro atoms. The Labute approximate surface area is 472 Å². The highest BCUT2D eigenvalue weighted by Crippen LogP contribution is 2.33. The molecule has 1 aliphatic carbocycles. The summed E-state index contributed by atoms with van der Waals surface area (Å²) < 4.78 is 69.4. The summed E-state index contributed by atoms with van der Waals surface area (Å²) in [7, 11) is 0. The largest absolute Gasteiger partial charge is 0.484 e. The zero-order chi connectivity index (χ0) is 58.2. The fourth-order valence-corrected chi connectivity index (χ4v) is 7.03. The Bertz CT molecular complexity index is 2090. The van der Waals surface area contributed by atoms with Crippen LogP contribution in [-0.4, -0.2) is 246 Å². The first-order valence-corrected chi connectivity index (χ1v) is 26.9. The van der Waals surface area contributed by atoms with Gasteiger partial charge in [0.05, 0.1) is 125 Å². The average molecular weight is 1150 g/mol. The SMILES string of the molecule is NC(=O)COCCOCCNC(=O)COCCOCCNC(=O)COCCOCCNC(=O)COCCOCCNC(=O)COCCOCCNC(=O)COCCOCCNC(=O)COc1ccc2c(c1)C(N)c1ccccc1CC2. The summed E-state index contributed by atoms with van der Waals surface area (Å²) >= 11 is 0. The predicted octanol–water partition coefficient (Wildman–Crippen LogP) is -3.41. The molecule has 1 unspecified atom stereocenters. The molecule has 0 bridgehead atoms. The number of primary amides is 1. The third-order valence-electron chi connectivity index (χ3n) is 10.9. The van der Waals surface area contributed by atoms with Gasteiger partial charge in [-0.15, -0.1) is 0 Å². The van der Waals surface area contributed by atoms with E-state index >= 15 is 0 Å². The Balaban J connectivity index is 0.961. The second kappa shape index (κ2) is 46.6. The number of amides is 7. The molecule has 7 amide bonds. The summed E-state index contributed by atoms with van der Waals surface area (Å²) in [5, 5.41) is 16.0. The van der Waals surface area contributed by atoms with Gasteiger partial charge in [0.25, 0.3) is 5.91 Å². The standard InChI is InChI=1S/C53H84N8O20/c54-46(62)34-75-27-21-69-15-9-56-47(63)35-76-28-22-70-16-10-57-48(64)36-77-29-23-71-17-11-58-49(65)37-78-30-24-72-18-12-59-50(66)38-79-31-25-73-19-13-60-51(67)39-80-32-26-74-20-14-61-52(68)40-81-43-8-7-42-6-5-41-3-1-2-4-44(41)53(55)45(42)33-43/h1-4,7-8,33,53H,5-6,9-32,34-40,55H2,(H2,54,62)(H,56,63)(H,57,64)(H,58,65)(H,59,66)(H,60,67)(H,61,68). The molecule has 3 rings (SSSR count). The molecule has 0 radical (unpaired) electrons. The van der Waals surface area contributed by atoms with E-state index in [1.807, 2.05) is 30.3 Å². The molecule has 28 nitrogen and oxygen atoms in total. The van der Waals surface area contributed by atoms with Gasteiger partial charge in [0.2, 0.25) is 35.4 Å². The van der Waals surface area contributed by atoms with Crippen LogP contribution in [0.25, 0.3) is 0 Å². The highest BCUT2D eigenvalue weighted by Gasteiger charge is 2.21. The molecule has 0 aromatic heterocycles. The molecule has 81 heavy (non-hydrogen) atoms. The lowest BCUT2D eigenvalue weighted by Gasteiger charge is -2.17. The fraction of sp³-hybridized carbons (Fsp3) is 0.642. The number of benzene rings is 2. The maximum atomic E-state index is 12.3. The van der Waals surface area contributed by atoms with Crippen LogP contribution in [0, 0.1) is 0 Å². The zero-order valence-electron chi connectivity index (χ0n) is 46.3. The summed E-state index contributed by atoms with van der Waals surface area (Å²) in [5.41, 5.74) is 16.1. The fourth-order valence-electron chi connectivity index (χ4n) is 7.03. The summed E-state index contributed by atoms with van der Waals surface area (Å²) in [6.07, 6.45) is 1.81. The lowest BCUT2D eigenvalue weighted by molar-refractivity contribution is -0.128. The third kappa shape index (κ3) is 36.9. The number of ether oxygens (including phenoxy) is 13. The van der Waals surface area contributed by atoms with Crippen LogP contribution in [0.15, 0.2) is 42.5 Å². The number of hydrogen-bond acceptors (Lipinski definition) is 21. The Morgan fingerprint density at radius 2 is 0.654 bits per heavy atom. The highest BCUT2D eigenvalue weighted by atomic mass is 16.6. The van der Waals surface area contributed by atoms with Crippen molar-refractivity contribution < 1.29 is 95.1 Å². The number of aryl methyl sites for hydroxylation is 2. The molecular formula is C53H84N8O20. The number of carbonyl (C=O) groups is 7. The van der Waals surface area contributed by atoms with Crippen molar-refractivity contribution in [3.63, 3.8) is 0 Å². The molecule has 2 aromatic carbocycles. The molecule has 0 aliphatic heterocycles. The van der Waals surface area contributed by atoms with Crippen molar-refractivity contribution in [3.05, 3.63) is 64.7 Å². The van der Waals surface area contributed by atoms with Crippen molar-refractivity contribution in [1.82, 2.24) is 31.9 Å². The minimum atomic E-state index is -0.556. The molecule has 28 heteroatoms. The summed E-state index contributed by atoms with van der Waals surface area (Å²) in [6, 6.07) is 13.7. The van der Waals surface area contributed by atoms with E-state index in [0.717, 1.165) is 24.0 Å². The van der Waals surface area contributed by atoms with Crippen molar-refractivity contribution in [3.8, 4) is 5.75 Å². The van der Waals surface area contributed by atoms with Crippen molar-refractivity contribution in [1.29, 1.82) is 0 Å². The molecule has 0 saturated carbocycles. The summed E-state index contributed by atoms with van der Waals surface area (Å²) in [6.45, 7) is 4.68. The summed E-state index contributed by atoms with van der Waals surface area (Å²) in [4.78, 5) is 82.4. The van der Waals surface area contributed by atoms with E-state index in [2.05, 4.69) is 44.0 Å². The van der Waals surface area contributed by atoms with Crippen LogP contribution < -0.4 is 48.1 Å². The van der Waals surface area contributed by atoms with Gasteiger partial charge in [0, 0.05) is 39.3 Å². The van der Waals surface area contributed by atoms with Crippen LogP contribution in [-0.2, 0) is 103 Å². The Morgan fingerprint density at radius 1 is 0.358 bits per heavy atom. The quantitative estimate of drug-likeness (QED) is 0.0299. The molecule has 1 aliphatic rings. The highest BCUT2D eigenvalue weighted by molar-refractivity contribution is 5.79. The zero-order valence-corrected chi connectivity index (χ0v) is 46.3. The van der Waals surface area contributed by atoms with E-state index in [1.165, 1.54) is 11.1 Å². The van der Waals surface area contributed by atoms with Crippen LogP contribution in [0.1, 0.15) is 28.3 Å². The van der Waals surface area contributed by atoms with Crippen LogP contribution in [0.3, 0.4) is 0 Å². The first-order chi connectivity index (χ1) is 39.5. The minimum Gasteiger partial charge on any atom is -0.484 e. The lowest BCUT2D eigenvalue weighted by Crippen LogP contribution is -2.33. The number of nitrogens with two attached hydrogens (primary N) is 2. The van der Waals surface area contributed by atoms with E-state index in [-0.39, 0.29) is 239 Å². The monoisotopic (exact) mass is 1150 g/mol. The average Bonchev–Trinajstić information content (AvgIpc) is 3.74. The third-order valence-corrected chi connectivity index (χ3v) is 10.9. The van der Waals surface area contributed by atoms with Crippen molar-refractivity contribution in [2.24, 2.45) is 11.5 Å². The van der Waals surface area contributed by atoms with E-state index in [1.54, 1.807) is 0 Å². The molecule has 0 heterocycles. The lowest BCUT2D eigenvalue weighted by atomic mass is 9.95. The summed E-state index contributed by atoms with van der Waals surface area (Å²) in [5.74, 6) is -1.83. The first kappa shape index (κ1) is 69.3. The van der Waals surface area contributed by atoms with Gasteiger partial charge in [-0.25, -0.2) is 0 Å². The normalized spacial score (nSPS) is 12.6. The maximum Gasteiger partial charge on any atom is 0.258 e. The van der Waals surface area contributed by atoms with E-state index in [4.69, 9.17) is 73.0 Å². The van der Waals surface area contributed by atoms with Gasteiger partial charge in [-0.1, -0.05) is 30.3 Å². The topological polar surface area (TPSA) is 364 Å². The van der Waals surface area contributed by atoms with Crippen LogP contribution in [0.4, 0.5) is 0 Å². The number of fused-ring (bicyclic) bond motifs is 2. The second-order valence-electron chi connectivity index (χ2n) is 17.4. The minimum absolute atomic E-state index is 0.136. The van der Waals surface area contributed by atoms with Gasteiger partial charge in [-0.3, -0.25) is 33.6 Å². The number of rotatable bonds is 51. The number of nitrogens with one attached hydrogen (secondary N) is 6. The van der Waals surface area contributed by atoms with Gasteiger partial charge < -0.3 is 105 Å². The Morgan fingerprint density at radius 3 is 1.00 bits per heavy atom. The van der Waals surface area contributed by atoms with Crippen LogP contribution in [0.2, 0.25) is 0 Å². The molecular weight excluding hydrogens is 1070 g/mol. The molecule has 0 fully saturated rings. The molecule has 1 atom stereocenters. The maximum absolute atomic E-state index is 12.3. The van der Waals surface area contributed by atoms with Gasteiger partial charge in [0.15, 0.2) is 6.61 Å². The van der Waals surface area contributed by atoms with Gasteiger partial charge >= 0.3 is 0 Å². The van der Waals surface area contributed by atoms with Gasteiger partial charge in [-0.2, -0.15) is 0 Å². The first-order valence-electron chi connectivity index (χ1n) is 26.9.